The summed E-state index contributed by atoms with van der Waals surface area (Å²) < 4.78 is 4.44. The van der Waals surface area contributed by atoms with E-state index < -0.39 is 0 Å². The molecule has 0 aliphatic carbocycles. The molecule has 7 heteroatoms. The molecule has 0 radical (unpaired) electrons. The quantitative estimate of drug-likeness (QED) is 0.252. The van der Waals surface area contributed by atoms with Gasteiger partial charge in [-0.3, -0.25) is 15.0 Å². The lowest BCUT2D eigenvalue weighted by Crippen LogP contribution is -2.27. The highest BCUT2D eigenvalue weighted by Crippen LogP contribution is 1.96. The Morgan fingerprint density at radius 2 is 2.20 bits per heavy atom. The second-order valence-electron chi connectivity index (χ2n) is 2.68. The minimum absolute atomic E-state index is 0.0836. The fourth-order valence-electron chi connectivity index (χ4n) is 0.757. The van der Waals surface area contributed by atoms with E-state index in [1.807, 2.05) is 0 Å². The van der Waals surface area contributed by atoms with Gasteiger partial charge >= 0.3 is 5.97 Å². The Morgan fingerprint density at radius 1 is 1.53 bits per heavy atom. The smallest absolute Gasteiger partial charge is 0.305 e. The number of rotatable bonds is 6. The van der Waals surface area contributed by atoms with Gasteiger partial charge in [0.25, 0.3) is 0 Å². The van der Waals surface area contributed by atoms with Crippen LogP contribution in [0, 0.1) is 5.41 Å². The normalized spacial score (nSPS) is 9.40. The van der Waals surface area contributed by atoms with Gasteiger partial charge in [0.15, 0.2) is 5.17 Å². The first-order chi connectivity index (χ1) is 7.06. The lowest BCUT2D eigenvalue weighted by Gasteiger charge is -2.03. The Hall–Kier alpha value is -1.24. The Bertz CT molecular complexity index is 245. The van der Waals surface area contributed by atoms with Gasteiger partial charge in [-0.15, -0.1) is 0 Å². The zero-order chi connectivity index (χ0) is 11.7. The van der Waals surface area contributed by atoms with Crippen LogP contribution in [0.5, 0.6) is 0 Å². The maximum atomic E-state index is 11.1. The van der Waals surface area contributed by atoms with Crippen LogP contribution in [0.25, 0.3) is 0 Å². The van der Waals surface area contributed by atoms with Crippen molar-refractivity contribution in [3.05, 3.63) is 0 Å². The van der Waals surface area contributed by atoms with Crippen LogP contribution in [0.1, 0.15) is 12.8 Å². The van der Waals surface area contributed by atoms with Gasteiger partial charge in [-0.2, -0.15) is 0 Å². The first kappa shape index (κ1) is 13.8. The second kappa shape index (κ2) is 8.10. The summed E-state index contributed by atoms with van der Waals surface area (Å²) in [5.41, 5.74) is 5.06. The number of carbonyl (C=O) groups is 2. The number of thioether (sulfide) groups is 1. The highest BCUT2D eigenvalue weighted by Gasteiger charge is 2.03. The van der Waals surface area contributed by atoms with Crippen molar-refractivity contribution in [1.82, 2.24) is 5.32 Å². The van der Waals surface area contributed by atoms with Crippen molar-refractivity contribution >= 4 is 28.8 Å². The summed E-state index contributed by atoms with van der Waals surface area (Å²) in [4.78, 5) is 21.7. The van der Waals surface area contributed by atoms with Gasteiger partial charge in [-0.25, -0.2) is 0 Å². The molecular weight excluding hydrogens is 218 g/mol. The molecule has 4 N–H and O–H groups in total. The summed E-state index contributed by atoms with van der Waals surface area (Å²) in [7, 11) is 1.32. The molecule has 0 aromatic heterocycles. The molecule has 1 amide bonds. The largest absolute Gasteiger partial charge is 0.469 e. The monoisotopic (exact) mass is 233 g/mol. The van der Waals surface area contributed by atoms with Crippen LogP contribution >= 0.6 is 11.8 Å². The molecule has 0 saturated heterocycles. The molecule has 0 aromatic carbocycles. The SMILES string of the molecule is COC(=O)CCCNC(=O)CSC(=N)N. The maximum Gasteiger partial charge on any atom is 0.305 e. The standard InChI is InChI=1S/C8H15N3O3S/c1-14-7(13)3-2-4-11-6(12)5-15-8(9)10/h2-5H2,1H3,(H3,9,10)(H,11,12). The Kier molecular flexibility index (Phi) is 7.43. The molecule has 6 nitrogen and oxygen atoms in total. The third kappa shape index (κ3) is 9.07. The average Bonchev–Trinajstić information content (AvgIpc) is 2.21. The first-order valence-corrected chi connectivity index (χ1v) is 5.35. The first-order valence-electron chi connectivity index (χ1n) is 4.36. The molecule has 0 atom stereocenters. The summed E-state index contributed by atoms with van der Waals surface area (Å²) in [6, 6.07) is 0. The number of amidine groups is 1. The van der Waals surface area contributed by atoms with E-state index in [0.29, 0.717) is 13.0 Å². The average molecular weight is 233 g/mol. The van der Waals surface area contributed by atoms with E-state index in [0.717, 1.165) is 11.8 Å². The van der Waals surface area contributed by atoms with Crippen molar-refractivity contribution < 1.29 is 14.3 Å². The summed E-state index contributed by atoms with van der Waals surface area (Å²) >= 11 is 0.966. The molecule has 0 heterocycles. The third-order valence-electron chi connectivity index (χ3n) is 1.47. The Morgan fingerprint density at radius 3 is 2.73 bits per heavy atom. The molecule has 0 aliphatic rings. The minimum Gasteiger partial charge on any atom is -0.469 e. The summed E-state index contributed by atoms with van der Waals surface area (Å²) in [6.07, 6.45) is 0.833. The van der Waals surface area contributed by atoms with E-state index in [-0.39, 0.29) is 29.2 Å². The van der Waals surface area contributed by atoms with Gasteiger partial charge in [0.05, 0.1) is 12.9 Å². The Labute approximate surface area is 92.4 Å². The van der Waals surface area contributed by atoms with Gasteiger partial charge in [-0.05, 0) is 6.42 Å². The van der Waals surface area contributed by atoms with Crippen LogP contribution in [0.15, 0.2) is 0 Å². The molecule has 0 aromatic rings. The second-order valence-corrected chi connectivity index (χ2v) is 3.70. The number of hydrogen-bond acceptors (Lipinski definition) is 5. The molecule has 15 heavy (non-hydrogen) atoms. The van der Waals surface area contributed by atoms with Gasteiger partial charge in [0.1, 0.15) is 0 Å². The van der Waals surface area contributed by atoms with Crippen molar-refractivity contribution in [2.75, 3.05) is 19.4 Å². The number of hydrogen-bond donors (Lipinski definition) is 3. The molecule has 0 saturated carbocycles. The minimum atomic E-state index is -0.289. The van der Waals surface area contributed by atoms with Crippen LogP contribution in [-0.4, -0.2) is 36.5 Å². The molecule has 0 aliphatic heterocycles. The van der Waals surface area contributed by atoms with Crippen LogP contribution in [0.2, 0.25) is 0 Å². The highest BCUT2D eigenvalue weighted by molar-refractivity contribution is 8.14. The summed E-state index contributed by atoms with van der Waals surface area (Å²) in [6.45, 7) is 0.423. The van der Waals surface area contributed by atoms with Crippen molar-refractivity contribution in [2.24, 2.45) is 5.73 Å². The number of esters is 1. The summed E-state index contributed by atoms with van der Waals surface area (Å²) in [5.74, 6) is -0.351. The molecule has 0 fully saturated rings. The van der Waals surface area contributed by atoms with Crippen molar-refractivity contribution in [1.29, 1.82) is 5.41 Å². The summed E-state index contributed by atoms with van der Waals surface area (Å²) in [5, 5.41) is 9.40. The van der Waals surface area contributed by atoms with Crippen LogP contribution in [0.3, 0.4) is 0 Å². The van der Waals surface area contributed by atoms with Crippen LogP contribution < -0.4 is 11.1 Å². The van der Waals surface area contributed by atoms with Crippen LogP contribution in [-0.2, 0) is 14.3 Å². The van der Waals surface area contributed by atoms with Crippen LogP contribution in [0.4, 0.5) is 0 Å². The third-order valence-corrected chi connectivity index (χ3v) is 2.18. The lowest BCUT2D eigenvalue weighted by atomic mass is 10.3. The molecule has 0 bridgehead atoms. The molecular formula is C8H15N3O3S. The van der Waals surface area contributed by atoms with E-state index in [4.69, 9.17) is 11.1 Å². The number of ether oxygens (including phenoxy) is 1. The predicted octanol–water partition coefficient (Wildman–Crippen LogP) is -0.318. The maximum absolute atomic E-state index is 11.1. The predicted molar refractivity (Wildman–Crippen MR) is 58.6 cm³/mol. The molecule has 0 rings (SSSR count). The highest BCUT2D eigenvalue weighted by atomic mass is 32.2. The fraction of sp³-hybridized carbons (Fsp3) is 0.625. The molecule has 86 valence electrons. The van der Waals surface area contributed by atoms with Crippen molar-refractivity contribution in [3.8, 4) is 0 Å². The Balaban J connectivity index is 3.39. The number of nitrogens with one attached hydrogen (secondary N) is 2. The topological polar surface area (TPSA) is 105 Å². The zero-order valence-electron chi connectivity index (χ0n) is 8.54. The number of methoxy groups -OCH3 is 1. The van der Waals surface area contributed by atoms with E-state index in [2.05, 4.69) is 10.1 Å². The van der Waals surface area contributed by atoms with E-state index in [1.165, 1.54) is 7.11 Å². The van der Waals surface area contributed by atoms with E-state index in [1.54, 1.807) is 0 Å². The zero-order valence-corrected chi connectivity index (χ0v) is 9.36. The van der Waals surface area contributed by atoms with Gasteiger partial charge in [0, 0.05) is 13.0 Å². The number of nitrogens with two attached hydrogens (primary N) is 1. The molecule has 0 unspecified atom stereocenters. The van der Waals surface area contributed by atoms with Gasteiger partial charge in [0.2, 0.25) is 5.91 Å². The fourth-order valence-corrected chi connectivity index (χ4v) is 1.15. The van der Waals surface area contributed by atoms with Gasteiger partial charge < -0.3 is 15.8 Å². The molecule has 0 spiro atoms. The lowest BCUT2D eigenvalue weighted by molar-refractivity contribution is -0.140. The number of carbonyl (C=O) groups excluding carboxylic acids is 2. The van der Waals surface area contributed by atoms with Crippen molar-refractivity contribution in [2.45, 2.75) is 12.8 Å². The number of amides is 1. The van der Waals surface area contributed by atoms with E-state index >= 15 is 0 Å². The van der Waals surface area contributed by atoms with Gasteiger partial charge in [-0.1, -0.05) is 11.8 Å². The van der Waals surface area contributed by atoms with Crippen molar-refractivity contribution in [3.63, 3.8) is 0 Å². The van der Waals surface area contributed by atoms with E-state index in [9.17, 15) is 9.59 Å².